The predicted molar refractivity (Wildman–Crippen MR) is 82.9 cm³/mol. The zero-order valence-corrected chi connectivity index (χ0v) is 14.0. The molecule has 0 bridgehead atoms. The minimum Gasteiger partial charge on any atom is -0.297 e. The minimum atomic E-state index is 0. The van der Waals surface area contributed by atoms with Crippen molar-refractivity contribution in [3.63, 3.8) is 0 Å². The smallest absolute Gasteiger partial charge is 0.0573 e. The van der Waals surface area contributed by atoms with Crippen LogP contribution < -0.4 is 0 Å². The van der Waals surface area contributed by atoms with Crippen LogP contribution in [0.25, 0.3) is 32.6 Å². The molecule has 1 aromatic heterocycles. The van der Waals surface area contributed by atoms with Crippen molar-refractivity contribution in [1.82, 2.24) is 9.97 Å². The largest absolute Gasteiger partial charge is 0.297 e. The van der Waals surface area contributed by atoms with Gasteiger partial charge < -0.3 is 0 Å². The third-order valence-electron chi connectivity index (χ3n) is 3.87. The summed E-state index contributed by atoms with van der Waals surface area (Å²) in [6, 6.07) is 17.8. The second-order valence-electron chi connectivity index (χ2n) is 5.10. The van der Waals surface area contributed by atoms with Crippen molar-refractivity contribution in [1.29, 1.82) is 0 Å². The Labute approximate surface area is 137 Å². The van der Waals surface area contributed by atoms with E-state index in [-0.39, 0.29) is 21.1 Å². The van der Waals surface area contributed by atoms with Crippen molar-refractivity contribution in [3.8, 4) is 0 Å². The molecule has 0 N–H and O–H groups in total. The first-order valence-corrected chi connectivity index (χ1v) is 6.72. The van der Waals surface area contributed by atoms with Gasteiger partial charge in [0.15, 0.2) is 0 Å². The average Bonchev–Trinajstić information content (AvgIpc) is 2.49. The summed E-state index contributed by atoms with van der Waals surface area (Å²) in [4.78, 5) is 9.53. The van der Waals surface area contributed by atoms with Gasteiger partial charge >= 0.3 is 0 Å². The summed E-state index contributed by atoms with van der Waals surface area (Å²) >= 11 is 0. The van der Waals surface area contributed by atoms with Crippen LogP contribution >= 0.6 is 0 Å². The molecule has 0 aliphatic rings. The predicted octanol–water partition coefficient (Wildman–Crippen LogP) is 4.35. The molecule has 3 aromatic carbocycles. The van der Waals surface area contributed by atoms with E-state index in [1.807, 2.05) is 26.0 Å². The number of rotatable bonds is 0. The quantitative estimate of drug-likeness (QED) is 0.293. The van der Waals surface area contributed by atoms with E-state index >= 15 is 0 Å². The third-order valence-corrected chi connectivity index (χ3v) is 3.87. The normalized spacial score (nSPS) is 11.0. The van der Waals surface area contributed by atoms with Crippen LogP contribution in [-0.4, -0.2) is 9.97 Å². The Bertz CT molecular complexity index is 896. The van der Waals surface area contributed by atoms with Gasteiger partial charge in [-0.15, -0.1) is 29.7 Å². The maximum Gasteiger partial charge on any atom is 0.0573 e. The summed E-state index contributed by atoms with van der Waals surface area (Å²) < 4.78 is 0. The van der Waals surface area contributed by atoms with Gasteiger partial charge in [-0.3, -0.25) is 9.97 Å². The number of aromatic nitrogens is 2. The van der Waals surface area contributed by atoms with E-state index in [0.717, 1.165) is 33.2 Å². The van der Waals surface area contributed by atoms with Gasteiger partial charge in [-0.05, 0) is 19.2 Å². The van der Waals surface area contributed by atoms with Crippen LogP contribution in [0.5, 0.6) is 0 Å². The van der Waals surface area contributed by atoms with Crippen molar-refractivity contribution < 1.29 is 21.1 Å². The van der Waals surface area contributed by atoms with Gasteiger partial charge in [0.25, 0.3) is 0 Å². The Balaban J connectivity index is 0.00000132. The van der Waals surface area contributed by atoms with E-state index in [1.165, 1.54) is 10.8 Å². The first kappa shape index (κ1) is 14.2. The Morgan fingerprint density at radius 1 is 0.762 bits per heavy atom. The second kappa shape index (κ2) is 5.20. The summed E-state index contributed by atoms with van der Waals surface area (Å²) in [5.41, 5.74) is 3.88. The molecule has 3 heteroatoms. The van der Waals surface area contributed by atoms with Gasteiger partial charge in [0.05, 0.1) is 11.2 Å². The van der Waals surface area contributed by atoms with E-state index in [9.17, 15) is 0 Å². The molecule has 2 nitrogen and oxygen atoms in total. The molecule has 1 heterocycles. The number of hydrogen-bond donors (Lipinski definition) is 0. The third kappa shape index (κ3) is 2.06. The van der Waals surface area contributed by atoms with Crippen LogP contribution in [0.2, 0.25) is 0 Å². The van der Waals surface area contributed by atoms with E-state index in [1.54, 1.807) is 0 Å². The maximum atomic E-state index is 4.77. The number of fused-ring (bicyclic) bond motifs is 6. The fourth-order valence-corrected chi connectivity index (χ4v) is 2.75. The number of hydrogen-bond acceptors (Lipinski definition) is 2. The van der Waals surface area contributed by atoms with Crippen LogP contribution in [0.15, 0.2) is 42.5 Å². The van der Waals surface area contributed by atoms with Gasteiger partial charge in [-0.2, -0.15) is 0 Å². The van der Waals surface area contributed by atoms with E-state index in [0.29, 0.717) is 0 Å². The number of nitrogens with zero attached hydrogens (tertiary/aromatic N) is 2. The van der Waals surface area contributed by atoms with E-state index in [2.05, 4.69) is 36.4 Å². The van der Waals surface area contributed by atoms with Crippen LogP contribution in [0, 0.1) is 19.9 Å². The molecule has 21 heavy (non-hydrogen) atoms. The van der Waals surface area contributed by atoms with Crippen molar-refractivity contribution in [2.45, 2.75) is 13.8 Å². The molecule has 0 atom stereocenters. The molecule has 0 amide bonds. The molecule has 0 fully saturated rings. The molecule has 4 rings (SSSR count). The average molecular weight is 452 g/mol. The van der Waals surface area contributed by atoms with E-state index < -0.39 is 0 Å². The number of aryl methyl sites for hydroxylation is 2. The van der Waals surface area contributed by atoms with Crippen LogP contribution in [0.1, 0.15) is 11.4 Å². The standard InChI is InChI=1S/C18H13N2.Pt/c1-11-12(2)20-18-16-10-6-4-8-14(16)13-7-3-5-9-15(13)17(18)19-11;/h3-9H,1-2H3;/q-1;. The maximum absolute atomic E-state index is 4.77. The molecule has 0 aliphatic heterocycles. The Morgan fingerprint density at radius 2 is 1.38 bits per heavy atom. The molecule has 0 spiro atoms. The van der Waals surface area contributed by atoms with Gasteiger partial charge in [0.2, 0.25) is 0 Å². The monoisotopic (exact) mass is 452 g/mol. The summed E-state index contributed by atoms with van der Waals surface area (Å²) in [6.45, 7) is 4.02. The summed E-state index contributed by atoms with van der Waals surface area (Å²) in [5, 5.41) is 4.61. The van der Waals surface area contributed by atoms with Gasteiger partial charge in [0, 0.05) is 32.3 Å². The molecular formula is C18H13N2Pt-. The Kier molecular flexibility index (Phi) is 3.50. The molecule has 0 saturated heterocycles. The van der Waals surface area contributed by atoms with Crippen molar-refractivity contribution >= 4 is 32.6 Å². The van der Waals surface area contributed by atoms with E-state index in [4.69, 9.17) is 9.97 Å². The molecule has 0 aliphatic carbocycles. The van der Waals surface area contributed by atoms with Crippen molar-refractivity contribution in [3.05, 3.63) is 59.9 Å². The Morgan fingerprint density at radius 3 is 2.14 bits per heavy atom. The van der Waals surface area contributed by atoms with Gasteiger partial charge in [-0.1, -0.05) is 35.0 Å². The topological polar surface area (TPSA) is 25.8 Å². The van der Waals surface area contributed by atoms with Crippen LogP contribution in [0.4, 0.5) is 0 Å². The molecule has 4 aromatic rings. The van der Waals surface area contributed by atoms with Crippen molar-refractivity contribution in [2.24, 2.45) is 0 Å². The zero-order chi connectivity index (χ0) is 13.7. The summed E-state index contributed by atoms with van der Waals surface area (Å²) in [7, 11) is 0. The number of benzene rings is 3. The fourth-order valence-electron chi connectivity index (χ4n) is 2.75. The second-order valence-corrected chi connectivity index (χ2v) is 5.10. The first-order valence-electron chi connectivity index (χ1n) is 6.72. The molecule has 0 saturated carbocycles. The molecule has 0 unspecified atom stereocenters. The van der Waals surface area contributed by atoms with Crippen molar-refractivity contribution in [2.75, 3.05) is 0 Å². The molecule has 106 valence electrons. The summed E-state index contributed by atoms with van der Waals surface area (Å²) in [6.07, 6.45) is 0. The fraction of sp³-hybridized carbons (Fsp3) is 0.111. The van der Waals surface area contributed by atoms with Crippen LogP contribution in [0.3, 0.4) is 0 Å². The minimum absolute atomic E-state index is 0. The van der Waals surface area contributed by atoms with Crippen LogP contribution in [-0.2, 0) is 21.1 Å². The first-order chi connectivity index (χ1) is 9.75. The van der Waals surface area contributed by atoms with Gasteiger partial charge in [-0.25, -0.2) is 0 Å². The molecular weight excluding hydrogens is 439 g/mol. The molecule has 0 radical (unpaired) electrons. The zero-order valence-electron chi connectivity index (χ0n) is 11.8. The SMILES string of the molecule is Cc1nc2c3[c-]cccc3c3ccccc3c2nc1C.[Pt]. The van der Waals surface area contributed by atoms with Gasteiger partial charge in [0.1, 0.15) is 0 Å². The Hall–Kier alpha value is -1.79. The summed E-state index contributed by atoms with van der Waals surface area (Å²) in [5.74, 6) is 0.